The van der Waals surface area contributed by atoms with Crippen molar-refractivity contribution in [2.75, 3.05) is 18.4 Å². The molecule has 1 aromatic heterocycles. The predicted octanol–water partition coefficient (Wildman–Crippen LogP) is 4.24. The van der Waals surface area contributed by atoms with Gasteiger partial charge < -0.3 is 10.6 Å². The lowest BCUT2D eigenvalue weighted by Gasteiger charge is -2.17. The predicted molar refractivity (Wildman–Crippen MR) is 96.9 cm³/mol. The molecule has 23 heavy (non-hydrogen) atoms. The molecule has 2 N–H and O–H groups in total. The number of fused-ring (bicyclic) bond motifs is 1. The second-order valence-electron chi connectivity index (χ2n) is 6.66. The number of hydrogen-bond acceptors (Lipinski definition) is 3. The van der Waals surface area contributed by atoms with E-state index in [4.69, 9.17) is 11.6 Å². The van der Waals surface area contributed by atoms with Gasteiger partial charge >= 0.3 is 0 Å². The van der Waals surface area contributed by atoms with E-state index in [0.717, 1.165) is 36.0 Å². The molecule has 4 nitrogen and oxygen atoms in total. The third-order valence-electron chi connectivity index (χ3n) is 3.59. The topological polar surface area (TPSA) is 54.0 Å². The molecule has 0 spiro atoms. The maximum atomic E-state index is 11.7. The van der Waals surface area contributed by atoms with Gasteiger partial charge in [0.25, 0.3) is 0 Å². The number of rotatable bonds is 6. The average Bonchev–Trinajstić information content (AvgIpc) is 2.49. The van der Waals surface area contributed by atoms with Gasteiger partial charge in [0.2, 0.25) is 5.91 Å². The molecular weight excluding hydrogens is 310 g/mol. The Labute approximate surface area is 142 Å². The van der Waals surface area contributed by atoms with Crippen LogP contribution in [0, 0.1) is 5.41 Å². The summed E-state index contributed by atoms with van der Waals surface area (Å²) in [5, 5.41) is 8.15. The first kappa shape index (κ1) is 17.5. The number of nitrogens with zero attached hydrogens (tertiary/aromatic N) is 1. The van der Waals surface area contributed by atoms with Gasteiger partial charge in [-0.2, -0.15) is 0 Å². The molecule has 0 bridgehead atoms. The molecule has 2 rings (SSSR count). The van der Waals surface area contributed by atoms with Crippen molar-refractivity contribution in [2.45, 2.75) is 33.6 Å². The van der Waals surface area contributed by atoms with Crippen molar-refractivity contribution < 1.29 is 4.79 Å². The Morgan fingerprint density at radius 2 is 1.91 bits per heavy atom. The van der Waals surface area contributed by atoms with Crippen LogP contribution in [0.3, 0.4) is 0 Å². The standard InChI is InChI=1S/C18H24ClN3O/c1-18(2,3)17(23)22-10-5-4-9-20-15-8-11-21-16-12-13(19)6-7-14(15)16/h6-8,11-12H,4-5,9-10H2,1-3H3,(H,20,21)(H,22,23). The third-order valence-corrected chi connectivity index (χ3v) is 3.83. The summed E-state index contributed by atoms with van der Waals surface area (Å²) < 4.78 is 0. The largest absolute Gasteiger partial charge is 0.384 e. The maximum absolute atomic E-state index is 11.7. The SMILES string of the molecule is CC(C)(C)C(=O)NCCCCNc1ccnc2cc(Cl)ccc12. The molecule has 0 saturated heterocycles. The Kier molecular flexibility index (Phi) is 5.83. The number of pyridine rings is 1. The number of nitrogens with one attached hydrogen (secondary N) is 2. The first-order valence-corrected chi connectivity index (χ1v) is 8.32. The summed E-state index contributed by atoms with van der Waals surface area (Å²) in [6, 6.07) is 7.69. The Hall–Kier alpha value is -1.81. The quantitative estimate of drug-likeness (QED) is 0.777. The molecule has 1 aromatic carbocycles. The number of halogens is 1. The van der Waals surface area contributed by atoms with Crippen LogP contribution >= 0.6 is 11.6 Å². The van der Waals surface area contributed by atoms with E-state index in [2.05, 4.69) is 15.6 Å². The van der Waals surface area contributed by atoms with E-state index in [9.17, 15) is 4.79 Å². The van der Waals surface area contributed by atoms with E-state index >= 15 is 0 Å². The van der Waals surface area contributed by atoms with Crippen molar-refractivity contribution in [3.8, 4) is 0 Å². The van der Waals surface area contributed by atoms with Gasteiger partial charge in [0.15, 0.2) is 0 Å². The highest BCUT2D eigenvalue weighted by atomic mass is 35.5. The Bertz CT molecular complexity index is 680. The lowest BCUT2D eigenvalue weighted by atomic mass is 9.96. The number of aromatic nitrogens is 1. The Morgan fingerprint density at radius 1 is 1.17 bits per heavy atom. The Balaban J connectivity index is 1.78. The number of anilines is 1. The average molecular weight is 334 g/mol. The highest BCUT2D eigenvalue weighted by Crippen LogP contribution is 2.24. The van der Waals surface area contributed by atoms with E-state index in [1.54, 1.807) is 6.20 Å². The van der Waals surface area contributed by atoms with Crippen molar-refractivity contribution in [3.63, 3.8) is 0 Å². The van der Waals surface area contributed by atoms with E-state index in [0.29, 0.717) is 11.6 Å². The van der Waals surface area contributed by atoms with Crippen LogP contribution in [0.2, 0.25) is 5.02 Å². The molecular formula is C18H24ClN3O. The zero-order chi connectivity index (χ0) is 16.9. The number of benzene rings is 1. The lowest BCUT2D eigenvalue weighted by Crippen LogP contribution is -2.35. The van der Waals surface area contributed by atoms with Crippen molar-refractivity contribution in [2.24, 2.45) is 5.41 Å². The normalized spacial score (nSPS) is 11.5. The number of hydrogen-bond donors (Lipinski definition) is 2. The molecule has 0 fully saturated rings. The summed E-state index contributed by atoms with van der Waals surface area (Å²) in [5.41, 5.74) is 1.63. The highest BCUT2D eigenvalue weighted by Gasteiger charge is 2.19. The number of carbonyl (C=O) groups excluding carboxylic acids is 1. The van der Waals surface area contributed by atoms with Gasteiger partial charge in [-0.25, -0.2) is 0 Å². The van der Waals surface area contributed by atoms with Crippen LogP contribution in [0.5, 0.6) is 0 Å². The smallest absolute Gasteiger partial charge is 0.225 e. The molecule has 0 aliphatic heterocycles. The van der Waals surface area contributed by atoms with Gasteiger partial charge in [-0.15, -0.1) is 0 Å². The van der Waals surface area contributed by atoms with Crippen LogP contribution < -0.4 is 10.6 Å². The minimum Gasteiger partial charge on any atom is -0.384 e. The summed E-state index contributed by atoms with van der Waals surface area (Å²) in [5.74, 6) is 0.0995. The minimum absolute atomic E-state index is 0.0995. The van der Waals surface area contributed by atoms with Crippen molar-refractivity contribution in [3.05, 3.63) is 35.5 Å². The fourth-order valence-electron chi connectivity index (χ4n) is 2.22. The van der Waals surface area contributed by atoms with Gasteiger partial charge in [0.1, 0.15) is 0 Å². The molecule has 0 aliphatic carbocycles. The molecule has 5 heteroatoms. The fourth-order valence-corrected chi connectivity index (χ4v) is 2.38. The molecule has 0 unspecified atom stereocenters. The number of unbranched alkanes of at least 4 members (excludes halogenated alkanes) is 1. The molecule has 0 atom stereocenters. The monoisotopic (exact) mass is 333 g/mol. The summed E-state index contributed by atoms with van der Waals surface area (Å²) >= 11 is 6.00. The van der Waals surface area contributed by atoms with Crippen LogP contribution in [0.4, 0.5) is 5.69 Å². The number of amides is 1. The van der Waals surface area contributed by atoms with Gasteiger partial charge in [-0.05, 0) is 37.1 Å². The summed E-state index contributed by atoms with van der Waals surface area (Å²) in [6.45, 7) is 7.33. The lowest BCUT2D eigenvalue weighted by molar-refractivity contribution is -0.128. The molecule has 1 amide bonds. The molecule has 0 radical (unpaired) electrons. The molecule has 2 aromatic rings. The van der Waals surface area contributed by atoms with Crippen LogP contribution in [0.15, 0.2) is 30.5 Å². The van der Waals surface area contributed by atoms with Crippen molar-refractivity contribution >= 4 is 34.1 Å². The van der Waals surface area contributed by atoms with Crippen LogP contribution in [0.1, 0.15) is 33.6 Å². The van der Waals surface area contributed by atoms with Gasteiger partial charge in [-0.3, -0.25) is 9.78 Å². The van der Waals surface area contributed by atoms with E-state index < -0.39 is 0 Å². The van der Waals surface area contributed by atoms with Crippen molar-refractivity contribution in [1.29, 1.82) is 0 Å². The van der Waals surface area contributed by atoms with Gasteiger partial charge in [-0.1, -0.05) is 32.4 Å². The van der Waals surface area contributed by atoms with Gasteiger partial charge in [0, 0.05) is 40.8 Å². The summed E-state index contributed by atoms with van der Waals surface area (Å²) in [6.07, 6.45) is 3.72. The summed E-state index contributed by atoms with van der Waals surface area (Å²) in [7, 11) is 0. The van der Waals surface area contributed by atoms with E-state index in [-0.39, 0.29) is 11.3 Å². The van der Waals surface area contributed by atoms with Crippen molar-refractivity contribution in [1.82, 2.24) is 10.3 Å². The van der Waals surface area contributed by atoms with Crippen LogP contribution in [0.25, 0.3) is 10.9 Å². The zero-order valence-corrected chi connectivity index (χ0v) is 14.7. The first-order chi connectivity index (χ1) is 10.9. The second kappa shape index (κ2) is 7.64. The summed E-state index contributed by atoms with van der Waals surface area (Å²) in [4.78, 5) is 16.1. The fraction of sp³-hybridized carbons (Fsp3) is 0.444. The van der Waals surface area contributed by atoms with Crippen LogP contribution in [-0.2, 0) is 4.79 Å². The molecule has 0 saturated carbocycles. The van der Waals surface area contributed by atoms with E-state index in [1.165, 1.54) is 0 Å². The molecule has 0 aliphatic rings. The van der Waals surface area contributed by atoms with Crippen LogP contribution in [-0.4, -0.2) is 24.0 Å². The Morgan fingerprint density at radius 3 is 2.65 bits per heavy atom. The van der Waals surface area contributed by atoms with Gasteiger partial charge in [0.05, 0.1) is 5.52 Å². The zero-order valence-electron chi connectivity index (χ0n) is 13.9. The van der Waals surface area contributed by atoms with E-state index in [1.807, 2.05) is 45.0 Å². The third kappa shape index (κ3) is 5.10. The maximum Gasteiger partial charge on any atom is 0.225 e. The number of carbonyl (C=O) groups is 1. The first-order valence-electron chi connectivity index (χ1n) is 7.94. The molecule has 124 valence electrons. The second-order valence-corrected chi connectivity index (χ2v) is 7.10. The highest BCUT2D eigenvalue weighted by molar-refractivity contribution is 6.31. The minimum atomic E-state index is -0.324. The molecule has 1 heterocycles.